The van der Waals surface area contributed by atoms with Crippen LogP contribution in [0.2, 0.25) is 0 Å². The van der Waals surface area contributed by atoms with Crippen LogP contribution in [0.3, 0.4) is 0 Å². The number of carbonyl (C=O) groups excluding carboxylic acids is 2. The van der Waals surface area contributed by atoms with Gasteiger partial charge in [-0.1, -0.05) is 30.3 Å². The summed E-state index contributed by atoms with van der Waals surface area (Å²) in [7, 11) is -1.63. The first kappa shape index (κ1) is 23.8. The number of rotatable bonds is 10. The van der Waals surface area contributed by atoms with E-state index in [1.54, 1.807) is 4.90 Å². The van der Waals surface area contributed by atoms with Crippen LogP contribution in [0.25, 0.3) is 0 Å². The standard InChI is InChI=1S/C19H31BN6O4/c21-14(12-13-6-2-1-3-7-13)17(27)25-18(28)15-8-5-11-26(15)16(20(29)30)9-4-10-24-19(22)23/h1-3,6-7,14-16,29-30H,4-5,8-12,21H2,(H4,22,23,24)(H,25,27,28). The molecule has 1 fully saturated rings. The number of guanidine groups is 1. The van der Waals surface area contributed by atoms with Crippen molar-refractivity contribution in [3.8, 4) is 0 Å². The van der Waals surface area contributed by atoms with Crippen LogP contribution in [-0.4, -0.2) is 71.0 Å². The Bertz CT molecular complexity index is 729. The molecule has 10 nitrogen and oxygen atoms in total. The molecule has 0 saturated carbocycles. The van der Waals surface area contributed by atoms with E-state index in [1.807, 2.05) is 30.3 Å². The van der Waals surface area contributed by atoms with Gasteiger partial charge < -0.3 is 27.2 Å². The first-order valence-electron chi connectivity index (χ1n) is 10.1. The molecule has 3 unspecified atom stereocenters. The zero-order valence-corrected chi connectivity index (χ0v) is 17.0. The molecule has 1 aromatic rings. The molecular weight excluding hydrogens is 387 g/mol. The normalized spacial score (nSPS) is 18.4. The highest BCUT2D eigenvalue weighted by molar-refractivity contribution is 6.43. The van der Waals surface area contributed by atoms with Crippen molar-refractivity contribution in [3.05, 3.63) is 35.9 Å². The van der Waals surface area contributed by atoms with Gasteiger partial charge in [-0.05, 0) is 44.2 Å². The molecule has 0 bridgehead atoms. The third-order valence-electron chi connectivity index (χ3n) is 5.20. The molecule has 9 N–H and O–H groups in total. The molecule has 1 aromatic carbocycles. The molecule has 1 saturated heterocycles. The van der Waals surface area contributed by atoms with Gasteiger partial charge in [-0.3, -0.25) is 24.8 Å². The van der Waals surface area contributed by atoms with E-state index in [-0.39, 0.29) is 5.96 Å². The monoisotopic (exact) mass is 418 g/mol. The van der Waals surface area contributed by atoms with Crippen molar-refractivity contribution >= 4 is 24.9 Å². The Morgan fingerprint density at radius 2 is 1.97 bits per heavy atom. The quantitative estimate of drug-likeness (QED) is 0.110. The summed E-state index contributed by atoms with van der Waals surface area (Å²) in [4.78, 5) is 30.7. The molecule has 3 atom stereocenters. The van der Waals surface area contributed by atoms with Gasteiger partial charge in [0.2, 0.25) is 11.8 Å². The minimum Gasteiger partial charge on any atom is -0.426 e. The average molecular weight is 418 g/mol. The minimum absolute atomic E-state index is 0.0279. The SMILES string of the molecule is NC(N)=NCCCC(B(O)O)N1CCCC1C(=O)NC(=O)C(N)Cc1ccccc1. The fourth-order valence-corrected chi connectivity index (χ4v) is 3.72. The lowest BCUT2D eigenvalue weighted by Crippen LogP contribution is -2.56. The van der Waals surface area contributed by atoms with Crippen LogP contribution >= 0.6 is 0 Å². The predicted octanol–water partition coefficient (Wildman–Crippen LogP) is -1.90. The van der Waals surface area contributed by atoms with Crippen LogP contribution in [0, 0.1) is 0 Å². The third-order valence-corrected chi connectivity index (χ3v) is 5.20. The second-order valence-electron chi connectivity index (χ2n) is 7.48. The molecule has 1 heterocycles. The first-order chi connectivity index (χ1) is 14.3. The van der Waals surface area contributed by atoms with Gasteiger partial charge >= 0.3 is 7.12 Å². The summed E-state index contributed by atoms with van der Waals surface area (Å²) in [6.07, 6.45) is 2.45. The molecule has 1 aliphatic heterocycles. The molecule has 2 amide bonds. The molecule has 2 rings (SSSR count). The molecule has 0 aliphatic carbocycles. The number of amides is 2. The Morgan fingerprint density at radius 3 is 2.60 bits per heavy atom. The first-order valence-corrected chi connectivity index (χ1v) is 10.1. The van der Waals surface area contributed by atoms with E-state index in [2.05, 4.69) is 10.3 Å². The fraction of sp³-hybridized carbons (Fsp3) is 0.526. The van der Waals surface area contributed by atoms with Gasteiger partial charge in [-0.15, -0.1) is 0 Å². The number of imide groups is 1. The minimum atomic E-state index is -1.63. The maximum atomic E-state index is 12.7. The van der Waals surface area contributed by atoms with Gasteiger partial charge in [0.15, 0.2) is 5.96 Å². The van der Waals surface area contributed by atoms with Crippen molar-refractivity contribution in [2.75, 3.05) is 13.1 Å². The second-order valence-corrected chi connectivity index (χ2v) is 7.48. The zero-order chi connectivity index (χ0) is 22.1. The number of nitrogens with two attached hydrogens (primary N) is 3. The highest BCUT2D eigenvalue weighted by Crippen LogP contribution is 2.23. The van der Waals surface area contributed by atoms with Gasteiger partial charge in [0.1, 0.15) is 0 Å². The number of hydrogen-bond donors (Lipinski definition) is 6. The summed E-state index contributed by atoms with van der Waals surface area (Å²) in [5.74, 6) is -1.72. The summed E-state index contributed by atoms with van der Waals surface area (Å²) in [6.45, 7) is 0.871. The van der Waals surface area contributed by atoms with Crippen molar-refractivity contribution in [2.24, 2.45) is 22.2 Å². The van der Waals surface area contributed by atoms with E-state index in [1.165, 1.54) is 0 Å². The van der Waals surface area contributed by atoms with Crippen molar-refractivity contribution in [2.45, 2.75) is 50.1 Å². The molecule has 0 aromatic heterocycles. The maximum absolute atomic E-state index is 12.7. The highest BCUT2D eigenvalue weighted by Gasteiger charge is 2.40. The van der Waals surface area contributed by atoms with Gasteiger partial charge in [-0.2, -0.15) is 0 Å². The van der Waals surface area contributed by atoms with Crippen LogP contribution in [0.1, 0.15) is 31.2 Å². The van der Waals surface area contributed by atoms with E-state index in [9.17, 15) is 19.6 Å². The van der Waals surface area contributed by atoms with Crippen LogP contribution < -0.4 is 22.5 Å². The summed E-state index contributed by atoms with van der Waals surface area (Å²) < 4.78 is 0. The van der Waals surface area contributed by atoms with E-state index < -0.39 is 37.0 Å². The predicted molar refractivity (Wildman–Crippen MR) is 115 cm³/mol. The van der Waals surface area contributed by atoms with Gasteiger partial charge in [0.25, 0.3) is 0 Å². The molecule has 30 heavy (non-hydrogen) atoms. The van der Waals surface area contributed by atoms with Crippen molar-refractivity contribution in [1.29, 1.82) is 0 Å². The van der Waals surface area contributed by atoms with Crippen molar-refractivity contribution < 1.29 is 19.6 Å². The molecule has 0 radical (unpaired) electrons. The van der Waals surface area contributed by atoms with E-state index in [0.29, 0.717) is 45.2 Å². The van der Waals surface area contributed by atoms with Gasteiger partial charge in [0, 0.05) is 12.5 Å². The smallest absolute Gasteiger partial charge is 0.426 e. The molecule has 0 spiro atoms. The number of benzene rings is 1. The number of hydrogen-bond acceptors (Lipinski definition) is 7. The summed E-state index contributed by atoms with van der Waals surface area (Å²) in [6, 6.07) is 7.82. The number of aliphatic imine (C=N–C) groups is 1. The Kier molecular flexibility index (Phi) is 9.25. The van der Waals surface area contributed by atoms with Crippen LogP contribution in [0.15, 0.2) is 35.3 Å². The van der Waals surface area contributed by atoms with E-state index in [0.717, 1.165) is 5.56 Å². The van der Waals surface area contributed by atoms with Crippen molar-refractivity contribution in [3.63, 3.8) is 0 Å². The van der Waals surface area contributed by atoms with Gasteiger partial charge in [0.05, 0.1) is 12.1 Å². The van der Waals surface area contributed by atoms with Crippen LogP contribution in [-0.2, 0) is 16.0 Å². The average Bonchev–Trinajstić information content (AvgIpc) is 3.17. The summed E-state index contributed by atoms with van der Waals surface area (Å²) in [5, 5.41) is 22.0. The largest absolute Gasteiger partial charge is 0.469 e. The lowest BCUT2D eigenvalue weighted by atomic mass is 9.75. The molecule has 164 valence electrons. The number of nitrogens with zero attached hydrogens (tertiary/aromatic N) is 2. The summed E-state index contributed by atoms with van der Waals surface area (Å²) >= 11 is 0. The zero-order valence-electron chi connectivity index (χ0n) is 17.0. The summed E-state index contributed by atoms with van der Waals surface area (Å²) in [5.41, 5.74) is 17.4. The Labute approximate surface area is 176 Å². The van der Waals surface area contributed by atoms with E-state index >= 15 is 0 Å². The Morgan fingerprint density at radius 1 is 1.27 bits per heavy atom. The number of carbonyl (C=O) groups is 2. The molecule has 1 aliphatic rings. The lowest BCUT2D eigenvalue weighted by Gasteiger charge is -2.31. The second kappa shape index (κ2) is 11.7. The number of nitrogens with one attached hydrogen (secondary N) is 1. The highest BCUT2D eigenvalue weighted by atomic mass is 16.4. The van der Waals surface area contributed by atoms with Crippen LogP contribution in [0.5, 0.6) is 0 Å². The lowest BCUT2D eigenvalue weighted by molar-refractivity contribution is -0.134. The fourth-order valence-electron chi connectivity index (χ4n) is 3.72. The topological polar surface area (TPSA) is 180 Å². The molecular formula is C19H31BN6O4. The number of likely N-dealkylation sites (tertiary alicyclic amines) is 1. The Hall–Kier alpha value is -2.47. The van der Waals surface area contributed by atoms with E-state index in [4.69, 9.17) is 17.2 Å². The van der Waals surface area contributed by atoms with Crippen molar-refractivity contribution in [1.82, 2.24) is 10.2 Å². The third kappa shape index (κ3) is 7.10. The van der Waals surface area contributed by atoms with Crippen LogP contribution in [0.4, 0.5) is 0 Å². The maximum Gasteiger partial charge on any atom is 0.469 e. The Balaban J connectivity index is 1.94. The molecule has 11 heteroatoms. The van der Waals surface area contributed by atoms with Gasteiger partial charge in [-0.25, -0.2) is 0 Å².